The zero-order valence-corrected chi connectivity index (χ0v) is 19.3. The summed E-state index contributed by atoms with van der Waals surface area (Å²) in [5.41, 5.74) is 1.70. The highest BCUT2D eigenvalue weighted by Crippen LogP contribution is 2.37. The average Bonchev–Trinajstić information content (AvgIpc) is 3.37. The number of benzene rings is 2. The van der Waals surface area contributed by atoms with Crippen LogP contribution in [-0.2, 0) is 11.5 Å². The van der Waals surface area contributed by atoms with Crippen LogP contribution in [0, 0.1) is 6.92 Å². The predicted octanol–water partition coefficient (Wildman–Crippen LogP) is 5.79. The van der Waals surface area contributed by atoms with Crippen LogP contribution in [0.4, 0.5) is 5.69 Å². The van der Waals surface area contributed by atoms with Gasteiger partial charge in [0.05, 0.1) is 12.1 Å². The van der Waals surface area contributed by atoms with Gasteiger partial charge >= 0.3 is 5.97 Å². The lowest BCUT2D eigenvalue weighted by Gasteiger charge is -2.09. The number of thiophene rings is 1. The first kappa shape index (κ1) is 22.1. The lowest BCUT2D eigenvalue weighted by molar-refractivity contribution is 0.0606. The SMILES string of the molecule is COC(=O)c1sc2cc(NC(=O)c3ccn(COc4ccc(Cl)cc4C)n3)ccc2c1Cl. The summed E-state index contributed by atoms with van der Waals surface area (Å²) in [6.45, 7) is 2.04. The molecule has 0 unspecified atom stereocenters. The number of rotatable bonds is 6. The second kappa shape index (κ2) is 9.20. The Kier molecular flexibility index (Phi) is 6.36. The maximum absolute atomic E-state index is 12.6. The zero-order chi connectivity index (χ0) is 22.8. The Balaban J connectivity index is 1.44. The lowest BCUT2D eigenvalue weighted by Crippen LogP contribution is -2.14. The number of amides is 1. The number of hydrogen-bond acceptors (Lipinski definition) is 6. The lowest BCUT2D eigenvalue weighted by atomic mass is 10.2. The second-order valence-corrected chi connectivity index (χ2v) is 8.69. The molecule has 0 atom stereocenters. The van der Waals surface area contributed by atoms with Gasteiger partial charge in [0.25, 0.3) is 5.91 Å². The maximum atomic E-state index is 12.6. The van der Waals surface area contributed by atoms with Crippen molar-refractivity contribution in [3.63, 3.8) is 0 Å². The van der Waals surface area contributed by atoms with Crippen LogP contribution in [0.2, 0.25) is 10.0 Å². The molecule has 0 bridgehead atoms. The molecule has 0 fully saturated rings. The summed E-state index contributed by atoms with van der Waals surface area (Å²) in [6, 6.07) is 12.2. The number of carbonyl (C=O) groups is 2. The average molecular weight is 490 g/mol. The monoisotopic (exact) mass is 489 g/mol. The largest absolute Gasteiger partial charge is 0.471 e. The van der Waals surface area contributed by atoms with Gasteiger partial charge < -0.3 is 14.8 Å². The van der Waals surface area contributed by atoms with Crippen LogP contribution in [-0.4, -0.2) is 28.8 Å². The third kappa shape index (κ3) is 4.57. The number of halogens is 2. The molecule has 0 aliphatic carbocycles. The summed E-state index contributed by atoms with van der Waals surface area (Å²) in [5.74, 6) is -0.185. The van der Waals surface area contributed by atoms with Crippen LogP contribution in [0.15, 0.2) is 48.7 Å². The van der Waals surface area contributed by atoms with E-state index in [4.69, 9.17) is 32.7 Å². The highest BCUT2D eigenvalue weighted by Gasteiger charge is 2.18. The van der Waals surface area contributed by atoms with E-state index in [0.717, 1.165) is 10.3 Å². The smallest absolute Gasteiger partial charge is 0.349 e. The van der Waals surface area contributed by atoms with Crippen LogP contribution < -0.4 is 10.1 Å². The molecular formula is C22H17Cl2N3O4S. The Labute approximate surface area is 197 Å². The van der Waals surface area contributed by atoms with Crippen molar-refractivity contribution >= 4 is 62.2 Å². The van der Waals surface area contributed by atoms with Crippen molar-refractivity contribution in [1.82, 2.24) is 9.78 Å². The molecule has 1 amide bonds. The van der Waals surface area contributed by atoms with Crippen molar-refractivity contribution < 1.29 is 19.1 Å². The first-order valence-electron chi connectivity index (χ1n) is 9.40. The Morgan fingerprint density at radius 3 is 2.72 bits per heavy atom. The molecule has 0 aliphatic rings. The molecule has 0 aliphatic heterocycles. The molecule has 0 spiro atoms. The van der Waals surface area contributed by atoms with E-state index in [1.165, 1.54) is 23.1 Å². The fourth-order valence-electron chi connectivity index (χ4n) is 3.03. The van der Waals surface area contributed by atoms with E-state index < -0.39 is 5.97 Å². The molecule has 2 aromatic carbocycles. The van der Waals surface area contributed by atoms with Gasteiger partial charge in [0, 0.05) is 27.0 Å². The van der Waals surface area contributed by atoms with Crippen LogP contribution in [0.5, 0.6) is 5.75 Å². The number of nitrogens with zero attached hydrogens (tertiary/aromatic N) is 2. The number of fused-ring (bicyclic) bond motifs is 1. The molecule has 4 aromatic rings. The molecule has 164 valence electrons. The Bertz CT molecular complexity index is 1330. The van der Waals surface area contributed by atoms with Crippen molar-refractivity contribution in [3.8, 4) is 5.75 Å². The van der Waals surface area contributed by atoms with Crippen molar-refractivity contribution in [3.05, 3.63) is 74.8 Å². The standard InChI is InChI=1S/C22H17Cl2N3O4S/c1-12-9-13(23)3-6-17(12)31-11-27-8-7-16(26-27)21(28)25-14-4-5-15-18(10-14)32-20(19(15)24)22(29)30-2/h3-10H,11H2,1-2H3,(H,25,28). The summed E-state index contributed by atoms with van der Waals surface area (Å²) in [7, 11) is 1.30. The number of methoxy groups -OCH3 is 1. The summed E-state index contributed by atoms with van der Waals surface area (Å²) < 4.78 is 12.8. The van der Waals surface area contributed by atoms with Gasteiger partial charge in [-0.05, 0) is 55.0 Å². The van der Waals surface area contributed by atoms with Crippen LogP contribution >= 0.6 is 34.5 Å². The minimum absolute atomic E-state index is 0.145. The number of ether oxygens (including phenoxy) is 2. The number of hydrogen-bond donors (Lipinski definition) is 1. The van der Waals surface area contributed by atoms with E-state index >= 15 is 0 Å². The van der Waals surface area contributed by atoms with Crippen molar-refractivity contribution in [2.75, 3.05) is 12.4 Å². The fraction of sp³-hybridized carbons (Fsp3) is 0.136. The van der Waals surface area contributed by atoms with E-state index in [1.54, 1.807) is 42.6 Å². The van der Waals surface area contributed by atoms with Gasteiger partial charge in [-0.1, -0.05) is 23.2 Å². The van der Waals surface area contributed by atoms with Crippen molar-refractivity contribution in [2.45, 2.75) is 13.7 Å². The molecule has 32 heavy (non-hydrogen) atoms. The van der Waals surface area contributed by atoms with Gasteiger partial charge in [0.2, 0.25) is 0 Å². The molecule has 0 saturated heterocycles. The first-order chi connectivity index (χ1) is 15.4. The van der Waals surface area contributed by atoms with E-state index in [1.807, 2.05) is 13.0 Å². The third-order valence-corrected chi connectivity index (χ3v) is 6.49. The molecular weight excluding hydrogens is 473 g/mol. The van der Waals surface area contributed by atoms with Crippen LogP contribution in [0.1, 0.15) is 25.7 Å². The van der Waals surface area contributed by atoms with Gasteiger partial charge in [0.1, 0.15) is 10.6 Å². The zero-order valence-electron chi connectivity index (χ0n) is 17.0. The van der Waals surface area contributed by atoms with Crippen molar-refractivity contribution in [1.29, 1.82) is 0 Å². The van der Waals surface area contributed by atoms with E-state index in [-0.39, 0.29) is 18.3 Å². The topological polar surface area (TPSA) is 82.5 Å². The van der Waals surface area contributed by atoms with E-state index in [2.05, 4.69) is 10.4 Å². The maximum Gasteiger partial charge on any atom is 0.349 e. The fourth-order valence-corrected chi connectivity index (χ4v) is 4.72. The van der Waals surface area contributed by atoms with Gasteiger partial charge in [-0.15, -0.1) is 11.3 Å². The summed E-state index contributed by atoms with van der Waals surface area (Å²) in [5, 5.41) is 8.75. The van der Waals surface area contributed by atoms with Crippen molar-refractivity contribution in [2.24, 2.45) is 0 Å². The molecule has 0 radical (unpaired) electrons. The summed E-state index contributed by atoms with van der Waals surface area (Å²) in [6.07, 6.45) is 1.66. The second-order valence-electron chi connectivity index (χ2n) is 6.83. The number of carbonyl (C=O) groups excluding carboxylic acids is 2. The highest BCUT2D eigenvalue weighted by atomic mass is 35.5. The number of aromatic nitrogens is 2. The normalized spacial score (nSPS) is 10.9. The van der Waals surface area contributed by atoms with Gasteiger partial charge in [-0.3, -0.25) is 4.79 Å². The Morgan fingerprint density at radius 2 is 1.97 bits per heavy atom. The van der Waals surface area contributed by atoms with Gasteiger partial charge in [-0.25, -0.2) is 9.48 Å². The molecule has 10 heteroatoms. The van der Waals surface area contributed by atoms with E-state index in [9.17, 15) is 9.59 Å². The quantitative estimate of drug-likeness (QED) is 0.346. The number of aryl methyl sites for hydroxylation is 1. The first-order valence-corrected chi connectivity index (χ1v) is 11.0. The molecule has 7 nitrogen and oxygen atoms in total. The number of esters is 1. The third-order valence-electron chi connectivity index (χ3n) is 4.62. The number of nitrogens with one attached hydrogen (secondary N) is 1. The van der Waals surface area contributed by atoms with Crippen LogP contribution in [0.25, 0.3) is 10.1 Å². The Morgan fingerprint density at radius 1 is 1.16 bits per heavy atom. The molecule has 0 saturated carbocycles. The molecule has 2 aromatic heterocycles. The highest BCUT2D eigenvalue weighted by molar-refractivity contribution is 7.21. The summed E-state index contributed by atoms with van der Waals surface area (Å²) >= 11 is 13.4. The summed E-state index contributed by atoms with van der Waals surface area (Å²) in [4.78, 5) is 24.8. The molecule has 2 heterocycles. The Hall–Kier alpha value is -3.07. The predicted molar refractivity (Wildman–Crippen MR) is 125 cm³/mol. The van der Waals surface area contributed by atoms with Crippen LogP contribution in [0.3, 0.4) is 0 Å². The van der Waals surface area contributed by atoms with E-state index in [0.29, 0.717) is 31.7 Å². The minimum atomic E-state index is -0.497. The molecule has 1 N–H and O–H groups in total. The van der Waals surface area contributed by atoms with Gasteiger partial charge in [-0.2, -0.15) is 5.10 Å². The minimum Gasteiger partial charge on any atom is -0.471 e. The van der Waals surface area contributed by atoms with Gasteiger partial charge in [0.15, 0.2) is 12.4 Å². The number of anilines is 1. The molecule has 4 rings (SSSR count).